The van der Waals surface area contributed by atoms with Gasteiger partial charge in [-0.2, -0.15) is 0 Å². The lowest BCUT2D eigenvalue weighted by atomic mass is 10.1. The summed E-state index contributed by atoms with van der Waals surface area (Å²) in [7, 11) is -3.58. The first-order valence-corrected chi connectivity index (χ1v) is 7.93. The number of primary sulfonamides is 1. The van der Waals surface area contributed by atoms with Gasteiger partial charge in [-0.15, -0.1) is 0 Å². The Bertz CT molecular complexity index is 554. The van der Waals surface area contributed by atoms with Crippen molar-refractivity contribution in [3.05, 3.63) is 22.4 Å². The number of halogens is 1. The molecule has 0 radical (unpaired) electrons. The fourth-order valence-corrected chi connectivity index (χ4v) is 3.28. The first-order chi connectivity index (χ1) is 8.38. The lowest BCUT2D eigenvalue weighted by Gasteiger charge is -2.31. The Morgan fingerprint density at radius 3 is 2.83 bits per heavy atom. The predicted molar refractivity (Wildman–Crippen MR) is 70.5 cm³/mol. The molecule has 0 spiro atoms. The van der Waals surface area contributed by atoms with Crippen molar-refractivity contribution in [1.82, 2.24) is 9.88 Å². The average Bonchev–Trinajstić information content (AvgIpc) is 2.74. The van der Waals surface area contributed by atoms with Crippen molar-refractivity contribution in [2.45, 2.75) is 18.1 Å². The molecule has 6 nitrogen and oxygen atoms in total. The summed E-state index contributed by atoms with van der Waals surface area (Å²) in [6.07, 6.45) is 2.82. The smallest absolute Gasteiger partial charge is 0.270 e. The van der Waals surface area contributed by atoms with Crippen LogP contribution in [0, 0.1) is 0 Å². The number of H-pyrrole nitrogens is 1. The monoisotopic (exact) mass is 335 g/mol. The van der Waals surface area contributed by atoms with Crippen molar-refractivity contribution in [2.24, 2.45) is 5.14 Å². The molecule has 2 heterocycles. The zero-order valence-corrected chi connectivity index (χ0v) is 12.0. The van der Waals surface area contributed by atoms with Crippen LogP contribution in [0.15, 0.2) is 16.7 Å². The Hall–Kier alpha value is -0.860. The van der Waals surface area contributed by atoms with Crippen molar-refractivity contribution in [2.75, 3.05) is 13.1 Å². The highest BCUT2D eigenvalue weighted by atomic mass is 79.9. The van der Waals surface area contributed by atoms with E-state index < -0.39 is 15.3 Å². The lowest BCUT2D eigenvalue weighted by Crippen LogP contribution is -2.47. The zero-order valence-electron chi connectivity index (χ0n) is 9.60. The van der Waals surface area contributed by atoms with Gasteiger partial charge in [0.25, 0.3) is 5.91 Å². The van der Waals surface area contributed by atoms with E-state index in [2.05, 4.69) is 20.9 Å². The van der Waals surface area contributed by atoms with Crippen molar-refractivity contribution < 1.29 is 13.2 Å². The van der Waals surface area contributed by atoms with Crippen LogP contribution < -0.4 is 5.14 Å². The zero-order chi connectivity index (χ0) is 13.3. The van der Waals surface area contributed by atoms with Crippen LogP contribution in [0.25, 0.3) is 0 Å². The van der Waals surface area contributed by atoms with Gasteiger partial charge in [0, 0.05) is 23.8 Å². The molecule has 1 aliphatic heterocycles. The second kappa shape index (κ2) is 5.02. The highest BCUT2D eigenvalue weighted by Crippen LogP contribution is 2.18. The van der Waals surface area contributed by atoms with Crippen molar-refractivity contribution >= 4 is 31.9 Å². The summed E-state index contributed by atoms with van der Waals surface area (Å²) in [5.74, 6) is -0.200. The summed E-state index contributed by atoms with van der Waals surface area (Å²) in [4.78, 5) is 16.5. The number of likely N-dealkylation sites (tertiary alicyclic amines) is 1. The standard InChI is InChI=1S/C10H14BrN3O3S/c11-7-4-9(13-5-7)10(15)14-3-1-2-8(6-14)18(12,16)17/h4-5,8,13H,1-3,6H2,(H2,12,16,17). The minimum Gasteiger partial charge on any atom is -0.356 e. The number of hydrogen-bond acceptors (Lipinski definition) is 3. The molecule has 3 N–H and O–H groups in total. The summed E-state index contributed by atoms with van der Waals surface area (Å²) >= 11 is 3.25. The molecule has 1 unspecified atom stereocenters. The Morgan fingerprint density at radius 2 is 2.28 bits per heavy atom. The molecule has 0 aromatic carbocycles. The predicted octanol–water partition coefficient (Wildman–Crippen LogP) is 0.670. The van der Waals surface area contributed by atoms with Gasteiger partial charge < -0.3 is 9.88 Å². The number of nitrogens with two attached hydrogens (primary N) is 1. The van der Waals surface area contributed by atoms with Crippen LogP contribution in [0.2, 0.25) is 0 Å². The average molecular weight is 336 g/mol. The Morgan fingerprint density at radius 1 is 1.56 bits per heavy atom. The van der Waals surface area contributed by atoms with Gasteiger partial charge in [0.05, 0.1) is 5.25 Å². The summed E-state index contributed by atoms with van der Waals surface area (Å²) in [6, 6.07) is 1.67. The Kier molecular flexibility index (Phi) is 3.79. The van der Waals surface area contributed by atoms with Crippen LogP contribution in [-0.2, 0) is 10.0 Å². The van der Waals surface area contributed by atoms with E-state index in [-0.39, 0.29) is 12.5 Å². The molecule has 18 heavy (non-hydrogen) atoms. The molecule has 1 saturated heterocycles. The van der Waals surface area contributed by atoms with Gasteiger partial charge in [-0.05, 0) is 34.8 Å². The maximum absolute atomic E-state index is 12.1. The molecule has 0 bridgehead atoms. The maximum atomic E-state index is 12.1. The Balaban J connectivity index is 2.12. The van der Waals surface area contributed by atoms with Crippen LogP contribution in [0.3, 0.4) is 0 Å². The number of carbonyl (C=O) groups excluding carboxylic acids is 1. The van der Waals surface area contributed by atoms with E-state index >= 15 is 0 Å². The number of piperidine rings is 1. The third-order valence-corrected chi connectivity index (χ3v) is 4.78. The molecular weight excluding hydrogens is 322 g/mol. The molecule has 1 aliphatic rings. The van der Waals surface area contributed by atoms with Crippen molar-refractivity contribution in [1.29, 1.82) is 0 Å². The minimum absolute atomic E-state index is 0.161. The molecule has 1 aromatic heterocycles. The van der Waals surface area contributed by atoms with Gasteiger partial charge in [-0.1, -0.05) is 0 Å². The van der Waals surface area contributed by atoms with Crippen LogP contribution in [0.4, 0.5) is 0 Å². The van der Waals surface area contributed by atoms with Crippen molar-refractivity contribution in [3.63, 3.8) is 0 Å². The van der Waals surface area contributed by atoms with Gasteiger partial charge in [-0.3, -0.25) is 4.79 Å². The maximum Gasteiger partial charge on any atom is 0.270 e. The van der Waals surface area contributed by atoms with E-state index in [0.29, 0.717) is 25.1 Å². The van der Waals surface area contributed by atoms with Gasteiger partial charge >= 0.3 is 0 Å². The molecule has 2 rings (SSSR count). The van der Waals surface area contributed by atoms with E-state index in [1.807, 2.05) is 0 Å². The van der Waals surface area contributed by atoms with Crippen LogP contribution in [0.5, 0.6) is 0 Å². The molecular formula is C10H14BrN3O3S. The van der Waals surface area contributed by atoms with Crippen LogP contribution >= 0.6 is 15.9 Å². The number of amides is 1. The van der Waals surface area contributed by atoms with Crippen molar-refractivity contribution in [3.8, 4) is 0 Å². The fourth-order valence-electron chi connectivity index (χ4n) is 2.05. The largest absolute Gasteiger partial charge is 0.356 e. The Labute approximate surface area is 114 Å². The lowest BCUT2D eigenvalue weighted by molar-refractivity contribution is 0.0721. The SMILES string of the molecule is NS(=O)(=O)C1CCCN(C(=O)c2cc(Br)c[nH]2)C1. The molecule has 0 saturated carbocycles. The number of rotatable bonds is 2. The highest BCUT2D eigenvalue weighted by molar-refractivity contribution is 9.10. The van der Waals surface area contributed by atoms with Gasteiger partial charge in [0.2, 0.25) is 10.0 Å². The number of aromatic amines is 1. The van der Waals surface area contributed by atoms with E-state index in [0.717, 1.165) is 4.47 Å². The third kappa shape index (κ3) is 2.93. The van der Waals surface area contributed by atoms with E-state index in [1.165, 1.54) is 4.90 Å². The molecule has 0 aliphatic carbocycles. The summed E-state index contributed by atoms with van der Waals surface area (Å²) < 4.78 is 23.4. The summed E-state index contributed by atoms with van der Waals surface area (Å²) in [5.41, 5.74) is 0.442. The van der Waals surface area contributed by atoms with Gasteiger partial charge in [0.1, 0.15) is 5.69 Å². The normalized spacial score (nSPS) is 21.0. The highest BCUT2D eigenvalue weighted by Gasteiger charge is 2.31. The first kappa shape index (κ1) is 13.6. The first-order valence-electron chi connectivity index (χ1n) is 5.53. The number of carbonyl (C=O) groups is 1. The molecule has 1 amide bonds. The van der Waals surface area contributed by atoms with E-state index in [9.17, 15) is 13.2 Å². The summed E-state index contributed by atoms with van der Waals surface area (Å²) in [5, 5.41) is 4.48. The number of hydrogen-bond donors (Lipinski definition) is 2. The van der Waals surface area contributed by atoms with Gasteiger partial charge in [0.15, 0.2) is 0 Å². The van der Waals surface area contributed by atoms with E-state index in [1.54, 1.807) is 12.3 Å². The number of aromatic nitrogens is 1. The minimum atomic E-state index is -3.58. The van der Waals surface area contributed by atoms with Crippen LogP contribution in [0.1, 0.15) is 23.3 Å². The van der Waals surface area contributed by atoms with E-state index in [4.69, 9.17) is 5.14 Å². The van der Waals surface area contributed by atoms with Gasteiger partial charge in [-0.25, -0.2) is 13.6 Å². The molecule has 1 fully saturated rings. The van der Waals surface area contributed by atoms with Crippen LogP contribution in [-0.4, -0.2) is 42.5 Å². The fraction of sp³-hybridized carbons (Fsp3) is 0.500. The summed E-state index contributed by atoms with van der Waals surface area (Å²) in [6.45, 7) is 0.718. The molecule has 1 aromatic rings. The topological polar surface area (TPSA) is 96.3 Å². The third-order valence-electron chi connectivity index (χ3n) is 3.01. The number of nitrogens with zero attached hydrogens (tertiary/aromatic N) is 1. The molecule has 1 atom stereocenters. The molecule has 8 heteroatoms. The molecule has 100 valence electrons. The second-order valence-corrected chi connectivity index (χ2v) is 7.10. The number of nitrogens with one attached hydrogen (secondary N) is 1. The number of sulfonamides is 1. The second-order valence-electron chi connectivity index (χ2n) is 4.34. The quantitative estimate of drug-likeness (QED) is 0.831.